The predicted molar refractivity (Wildman–Crippen MR) is 102 cm³/mol. The van der Waals surface area contributed by atoms with E-state index in [1.165, 1.54) is 24.5 Å². The fraction of sp³-hybridized carbons (Fsp3) is 0.263. The highest BCUT2D eigenvalue weighted by atomic mass is 32.1. The molecule has 0 saturated heterocycles. The average molecular weight is 375 g/mol. The largest absolute Gasteiger partial charge is 0.493 e. The van der Waals surface area contributed by atoms with Gasteiger partial charge in [0.15, 0.2) is 11.5 Å². The maximum atomic E-state index is 12.2. The summed E-state index contributed by atoms with van der Waals surface area (Å²) < 4.78 is 15.2. The van der Waals surface area contributed by atoms with Gasteiger partial charge in [-0.25, -0.2) is 4.79 Å². The van der Waals surface area contributed by atoms with Crippen molar-refractivity contribution < 1.29 is 23.8 Å². The molecule has 0 bridgehead atoms. The first-order valence-electron chi connectivity index (χ1n) is 7.80. The van der Waals surface area contributed by atoms with Gasteiger partial charge in [-0.05, 0) is 43.2 Å². The van der Waals surface area contributed by atoms with Crippen LogP contribution in [0.1, 0.15) is 26.4 Å². The zero-order valence-electron chi connectivity index (χ0n) is 15.3. The quantitative estimate of drug-likeness (QED) is 0.614. The molecule has 0 atom stereocenters. The maximum Gasteiger partial charge on any atom is 0.341 e. The van der Waals surface area contributed by atoms with Crippen molar-refractivity contribution in [2.45, 2.75) is 13.8 Å². The molecular formula is C19H21NO5S. The number of hydrogen-bond donors (Lipinski definition) is 1. The van der Waals surface area contributed by atoms with Crippen LogP contribution in [0.4, 0.5) is 5.00 Å². The second kappa shape index (κ2) is 8.53. The Labute approximate surface area is 156 Å². The van der Waals surface area contributed by atoms with Crippen LogP contribution in [-0.2, 0) is 9.53 Å². The number of carbonyl (C=O) groups excluding carboxylic acids is 2. The topological polar surface area (TPSA) is 73.9 Å². The Morgan fingerprint density at radius 2 is 1.77 bits per heavy atom. The monoisotopic (exact) mass is 375 g/mol. The summed E-state index contributed by atoms with van der Waals surface area (Å²) in [4.78, 5) is 25.1. The van der Waals surface area contributed by atoms with E-state index in [2.05, 4.69) is 5.32 Å². The van der Waals surface area contributed by atoms with Crippen LogP contribution in [0.2, 0.25) is 0 Å². The molecule has 138 valence electrons. The average Bonchev–Trinajstić information content (AvgIpc) is 2.92. The van der Waals surface area contributed by atoms with Crippen molar-refractivity contribution in [3.05, 3.63) is 45.8 Å². The highest BCUT2D eigenvalue weighted by molar-refractivity contribution is 7.16. The van der Waals surface area contributed by atoms with Crippen LogP contribution < -0.4 is 14.8 Å². The van der Waals surface area contributed by atoms with E-state index in [0.717, 1.165) is 16.0 Å². The SMILES string of the molecule is COC(=O)c1c(NC(=O)C=Cc2ccc(OC)c(OC)c2)sc(C)c1C. The van der Waals surface area contributed by atoms with Crippen molar-refractivity contribution in [2.24, 2.45) is 0 Å². The molecule has 1 N–H and O–H groups in total. The van der Waals surface area contributed by atoms with E-state index < -0.39 is 5.97 Å². The molecule has 0 saturated carbocycles. The number of esters is 1. The van der Waals surface area contributed by atoms with Gasteiger partial charge in [-0.1, -0.05) is 6.07 Å². The number of rotatable bonds is 6. The van der Waals surface area contributed by atoms with Gasteiger partial charge in [-0.15, -0.1) is 11.3 Å². The molecule has 7 heteroatoms. The molecule has 1 heterocycles. The van der Waals surface area contributed by atoms with Crippen molar-refractivity contribution in [1.82, 2.24) is 0 Å². The molecule has 0 unspecified atom stereocenters. The molecule has 2 aromatic rings. The van der Waals surface area contributed by atoms with Gasteiger partial charge in [0.05, 0.1) is 26.9 Å². The molecule has 1 amide bonds. The highest BCUT2D eigenvalue weighted by Crippen LogP contribution is 2.33. The Bertz CT molecular complexity index is 854. The van der Waals surface area contributed by atoms with Crippen LogP contribution in [0.15, 0.2) is 24.3 Å². The first kappa shape index (κ1) is 19.5. The first-order chi connectivity index (χ1) is 12.4. The number of benzene rings is 1. The summed E-state index contributed by atoms with van der Waals surface area (Å²) in [6.07, 6.45) is 3.05. The van der Waals surface area contributed by atoms with Crippen molar-refractivity contribution in [2.75, 3.05) is 26.6 Å². The van der Waals surface area contributed by atoms with Gasteiger partial charge < -0.3 is 19.5 Å². The molecule has 6 nitrogen and oxygen atoms in total. The summed E-state index contributed by atoms with van der Waals surface area (Å²) in [5.41, 5.74) is 1.98. The third kappa shape index (κ3) is 4.23. The number of methoxy groups -OCH3 is 3. The van der Waals surface area contributed by atoms with Crippen LogP contribution in [0.5, 0.6) is 11.5 Å². The van der Waals surface area contributed by atoms with Gasteiger partial charge >= 0.3 is 5.97 Å². The van der Waals surface area contributed by atoms with Gasteiger partial charge in [0.2, 0.25) is 5.91 Å². The van der Waals surface area contributed by atoms with E-state index in [9.17, 15) is 9.59 Å². The number of thiophene rings is 1. The highest BCUT2D eigenvalue weighted by Gasteiger charge is 2.20. The summed E-state index contributed by atoms with van der Waals surface area (Å²) in [5, 5.41) is 3.23. The molecule has 26 heavy (non-hydrogen) atoms. The van der Waals surface area contributed by atoms with Crippen LogP contribution in [-0.4, -0.2) is 33.2 Å². The standard InChI is InChI=1S/C19H21NO5S/c1-11-12(2)26-18(17(11)19(22)25-5)20-16(21)9-7-13-6-8-14(23-3)15(10-13)24-4/h6-10H,1-5H3,(H,20,21). The third-order valence-electron chi connectivity index (χ3n) is 3.85. The lowest BCUT2D eigenvalue weighted by Gasteiger charge is -2.07. The number of hydrogen-bond acceptors (Lipinski definition) is 6. The van der Waals surface area contributed by atoms with Gasteiger partial charge in [-0.2, -0.15) is 0 Å². The van der Waals surface area contributed by atoms with E-state index in [1.54, 1.807) is 32.4 Å². The first-order valence-corrected chi connectivity index (χ1v) is 8.62. The Morgan fingerprint density at radius 3 is 2.38 bits per heavy atom. The van der Waals surface area contributed by atoms with Crippen LogP contribution in [0.25, 0.3) is 6.08 Å². The number of carbonyl (C=O) groups is 2. The molecular weight excluding hydrogens is 354 g/mol. The van der Waals surface area contributed by atoms with Crippen molar-refractivity contribution in [1.29, 1.82) is 0 Å². The zero-order valence-corrected chi connectivity index (χ0v) is 16.2. The van der Waals surface area contributed by atoms with E-state index in [0.29, 0.717) is 22.1 Å². The maximum absolute atomic E-state index is 12.2. The molecule has 0 radical (unpaired) electrons. The van der Waals surface area contributed by atoms with E-state index in [4.69, 9.17) is 14.2 Å². The second-order valence-electron chi connectivity index (χ2n) is 5.42. The minimum absolute atomic E-state index is 0.341. The molecule has 0 aliphatic heterocycles. The van der Waals surface area contributed by atoms with E-state index in [1.807, 2.05) is 19.9 Å². The predicted octanol–water partition coefficient (Wildman–Crippen LogP) is 3.82. The molecule has 0 fully saturated rings. The zero-order chi connectivity index (χ0) is 19.3. The summed E-state index contributed by atoms with van der Waals surface area (Å²) in [5.74, 6) is 0.381. The second-order valence-corrected chi connectivity index (χ2v) is 6.64. The minimum atomic E-state index is -0.467. The fourth-order valence-corrected chi connectivity index (χ4v) is 3.40. The van der Waals surface area contributed by atoms with Crippen molar-refractivity contribution in [3.63, 3.8) is 0 Å². The molecule has 2 rings (SSSR count). The fourth-order valence-electron chi connectivity index (χ4n) is 2.34. The minimum Gasteiger partial charge on any atom is -0.493 e. The molecule has 0 aliphatic rings. The molecule has 1 aromatic heterocycles. The number of amides is 1. The van der Waals surface area contributed by atoms with Crippen LogP contribution >= 0.6 is 11.3 Å². The number of aryl methyl sites for hydroxylation is 1. The van der Waals surface area contributed by atoms with E-state index >= 15 is 0 Å². The summed E-state index contributed by atoms with van der Waals surface area (Å²) in [7, 11) is 4.43. The normalized spacial score (nSPS) is 10.7. The van der Waals surface area contributed by atoms with Gasteiger partial charge in [-0.3, -0.25) is 4.79 Å². The summed E-state index contributed by atoms with van der Waals surface area (Å²) >= 11 is 1.34. The molecule has 1 aromatic carbocycles. The van der Waals surface area contributed by atoms with Crippen LogP contribution in [0.3, 0.4) is 0 Å². The van der Waals surface area contributed by atoms with E-state index in [-0.39, 0.29) is 5.91 Å². The lowest BCUT2D eigenvalue weighted by atomic mass is 10.1. The van der Waals surface area contributed by atoms with Gasteiger partial charge in [0.1, 0.15) is 5.00 Å². The molecule has 0 spiro atoms. The van der Waals surface area contributed by atoms with Crippen molar-refractivity contribution >= 4 is 34.3 Å². The molecule has 0 aliphatic carbocycles. The summed E-state index contributed by atoms with van der Waals surface area (Å²) in [6.45, 7) is 3.72. The summed E-state index contributed by atoms with van der Waals surface area (Å²) in [6, 6.07) is 5.34. The lowest BCUT2D eigenvalue weighted by Crippen LogP contribution is -2.11. The van der Waals surface area contributed by atoms with Gasteiger partial charge in [0, 0.05) is 11.0 Å². The lowest BCUT2D eigenvalue weighted by molar-refractivity contribution is -0.111. The number of ether oxygens (including phenoxy) is 3. The Balaban J connectivity index is 2.18. The number of nitrogens with one attached hydrogen (secondary N) is 1. The van der Waals surface area contributed by atoms with Gasteiger partial charge in [0.25, 0.3) is 0 Å². The Morgan fingerprint density at radius 1 is 1.08 bits per heavy atom. The van der Waals surface area contributed by atoms with Crippen LogP contribution in [0, 0.1) is 13.8 Å². The third-order valence-corrected chi connectivity index (χ3v) is 4.97. The number of anilines is 1. The smallest absolute Gasteiger partial charge is 0.341 e. The Hall–Kier alpha value is -2.80. The Kier molecular flexibility index (Phi) is 6.41. The van der Waals surface area contributed by atoms with Crippen molar-refractivity contribution in [3.8, 4) is 11.5 Å².